The first kappa shape index (κ1) is 20.8. The summed E-state index contributed by atoms with van der Waals surface area (Å²) in [6, 6.07) is 13.8. The Morgan fingerprint density at radius 1 is 1.19 bits per heavy atom. The molecular weight excluding hydrogens is 422 g/mol. The van der Waals surface area contributed by atoms with E-state index in [1.807, 2.05) is 44.2 Å². The van der Waals surface area contributed by atoms with Crippen LogP contribution in [-0.4, -0.2) is 30.6 Å². The molecule has 2 aliphatic heterocycles. The third-order valence-corrected chi connectivity index (χ3v) is 6.68. The maximum Gasteiger partial charge on any atom is 0.231 e. The van der Waals surface area contributed by atoms with Gasteiger partial charge in [-0.3, -0.25) is 9.69 Å². The number of nitrogens with zero attached hydrogens (tertiary/aromatic N) is 1. The van der Waals surface area contributed by atoms with Gasteiger partial charge in [-0.2, -0.15) is 0 Å². The van der Waals surface area contributed by atoms with Gasteiger partial charge in [-0.05, 0) is 61.6 Å². The molecular formula is C26H25NO4S. The van der Waals surface area contributed by atoms with E-state index in [1.165, 1.54) is 4.88 Å². The average Bonchev–Trinajstić information content (AvgIpc) is 3.43. The van der Waals surface area contributed by atoms with Crippen molar-refractivity contribution in [1.29, 1.82) is 0 Å². The average molecular weight is 448 g/mol. The summed E-state index contributed by atoms with van der Waals surface area (Å²) in [6.45, 7) is 6.76. The minimum atomic E-state index is -0.0875. The van der Waals surface area contributed by atoms with Gasteiger partial charge < -0.3 is 14.2 Å². The molecule has 0 N–H and O–H groups in total. The first-order chi connectivity index (χ1) is 15.6. The Labute approximate surface area is 191 Å². The van der Waals surface area contributed by atoms with Crippen LogP contribution in [0.15, 0.2) is 53.6 Å². The molecule has 32 heavy (non-hydrogen) atoms. The highest BCUT2D eigenvalue weighted by atomic mass is 32.1. The van der Waals surface area contributed by atoms with Gasteiger partial charge in [0.1, 0.15) is 24.0 Å². The van der Waals surface area contributed by atoms with E-state index in [9.17, 15) is 4.79 Å². The molecule has 6 heteroatoms. The number of rotatable bonds is 6. The molecule has 1 aromatic heterocycles. The van der Waals surface area contributed by atoms with E-state index in [4.69, 9.17) is 14.2 Å². The second-order valence-corrected chi connectivity index (χ2v) is 9.00. The second-order valence-electron chi connectivity index (χ2n) is 7.96. The predicted octanol–water partition coefficient (Wildman–Crippen LogP) is 5.47. The fourth-order valence-corrected chi connectivity index (χ4v) is 4.84. The summed E-state index contributed by atoms with van der Waals surface area (Å²) in [4.78, 5) is 16.7. The molecule has 0 saturated carbocycles. The van der Waals surface area contributed by atoms with E-state index in [0.717, 1.165) is 47.7 Å². The van der Waals surface area contributed by atoms with Crippen LogP contribution < -0.4 is 14.2 Å². The van der Waals surface area contributed by atoms with Crippen molar-refractivity contribution >= 4 is 23.2 Å². The van der Waals surface area contributed by atoms with E-state index in [0.29, 0.717) is 30.4 Å². The van der Waals surface area contributed by atoms with Gasteiger partial charge in [-0.15, -0.1) is 11.3 Å². The monoisotopic (exact) mass is 447 g/mol. The highest BCUT2D eigenvalue weighted by Crippen LogP contribution is 2.43. The molecule has 0 bridgehead atoms. The molecule has 0 fully saturated rings. The van der Waals surface area contributed by atoms with Crippen molar-refractivity contribution in [3.8, 4) is 17.2 Å². The van der Waals surface area contributed by atoms with Gasteiger partial charge >= 0.3 is 0 Å². The summed E-state index contributed by atoms with van der Waals surface area (Å²) in [5.41, 5.74) is 3.43. The quantitative estimate of drug-likeness (QED) is 0.469. The van der Waals surface area contributed by atoms with Crippen molar-refractivity contribution in [2.24, 2.45) is 0 Å². The molecule has 2 aromatic carbocycles. The second kappa shape index (κ2) is 8.81. The number of hydrogen-bond donors (Lipinski definition) is 0. The normalized spacial score (nSPS) is 16.4. The number of carbonyl (C=O) groups excluding carboxylic acids is 1. The lowest BCUT2D eigenvalue weighted by Crippen LogP contribution is -2.34. The van der Waals surface area contributed by atoms with Crippen molar-refractivity contribution in [2.75, 3.05) is 19.9 Å². The van der Waals surface area contributed by atoms with Crippen molar-refractivity contribution in [3.05, 3.63) is 80.7 Å². The molecule has 2 aliphatic rings. The lowest BCUT2D eigenvalue weighted by molar-refractivity contribution is 0.0956. The Hall–Kier alpha value is -3.09. The van der Waals surface area contributed by atoms with Gasteiger partial charge in [0.2, 0.25) is 5.78 Å². The number of ketones is 1. The molecule has 0 atom stereocenters. The van der Waals surface area contributed by atoms with Crippen LogP contribution in [0.4, 0.5) is 0 Å². The maximum absolute atomic E-state index is 13.1. The standard InChI is InChI=1S/C26H25NO4S/c1-3-29-20-8-6-18(7-9-20)13-23-24(28)22-14-19-15-27(11-10-21-5-4-12-32-21)16-30-25(19)17(2)26(22)31-23/h4-9,12-14H,3,10-11,15-16H2,1-2H3/b23-13-. The lowest BCUT2D eigenvalue weighted by atomic mass is 10.00. The first-order valence-corrected chi connectivity index (χ1v) is 11.7. The molecule has 0 aliphatic carbocycles. The van der Waals surface area contributed by atoms with Crippen LogP contribution in [0.5, 0.6) is 17.2 Å². The van der Waals surface area contributed by atoms with E-state index in [-0.39, 0.29) is 5.78 Å². The summed E-state index contributed by atoms with van der Waals surface area (Å²) in [5, 5.41) is 2.11. The zero-order valence-corrected chi connectivity index (χ0v) is 19.0. The number of Topliss-reactive ketones (excluding diaryl/α,β-unsaturated/α-hetero) is 1. The van der Waals surface area contributed by atoms with Gasteiger partial charge in [0.05, 0.1) is 12.2 Å². The highest BCUT2D eigenvalue weighted by molar-refractivity contribution is 7.09. The van der Waals surface area contributed by atoms with Crippen LogP contribution in [0.2, 0.25) is 0 Å². The number of thiophene rings is 1. The summed E-state index contributed by atoms with van der Waals surface area (Å²) < 4.78 is 17.6. The van der Waals surface area contributed by atoms with Gasteiger partial charge in [-0.25, -0.2) is 0 Å². The molecule has 0 spiro atoms. The predicted molar refractivity (Wildman–Crippen MR) is 126 cm³/mol. The number of ether oxygens (including phenoxy) is 3. The van der Waals surface area contributed by atoms with Crippen LogP contribution in [0.1, 0.15) is 38.8 Å². The van der Waals surface area contributed by atoms with Gasteiger partial charge in [0.15, 0.2) is 5.76 Å². The zero-order chi connectivity index (χ0) is 22.1. The van der Waals surface area contributed by atoms with Crippen LogP contribution in [-0.2, 0) is 13.0 Å². The Bertz CT molecular complexity index is 1170. The van der Waals surface area contributed by atoms with Crippen LogP contribution in [0.3, 0.4) is 0 Å². The molecule has 3 heterocycles. The van der Waals surface area contributed by atoms with Crippen molar-refractivity contribution < 1.29 is 19.0 Å². The van der Waals surface area contributed by atoms with Gasteiger partial charge in [0.25, 0.3) is 0 Å². The minimum Gasteiger partial charge on any atom is -0.494 e. The number of carbonyl (C=O) groups is 1. The molecule has 0 radical (unpaired) electrons. The van der Waals surface area contributed by atoms with Crippen LogP contribution >= 0.6 is 11.3 Å². The third kappa shape index (κ3) is 4.04. The Balaban J connectivity index is 1.35. The molecule has 164 valence electrons. The van der Waals surface area contributed by atoms with Crippen molar-refractivity contribution in [1.82, 2.24) is 4.90 Å². The number of benzene rings is 2. The molecule has 0 saturated heterocycles. The fourth-order valence-electron chi connectivity index (χ4n) is 4.14. The molecule has 3 aromatic rings. The molecule has 5 rings (SSSR count). The maximum atomic E-state index is 13.1. The Morgan fingerprint density at radius 2 is 2.03 bits per heavy atom. The number of fused-ring (bicyclic) bond motifs is 2. The fraction of sp³-hybridized carbons (Fsp3) is 0.269. The summed E-state index contributed by atoms with van der Waals surface area (Å²) in [7, 11) is 0. The number of hydrogen-bond acceptors (Lipinski definition) is 6. The SMILES string of the molecule is CCOc1ccc(/C=C2\Oc3c(cc4c(c3C)OCN(CCc3cccs3)C4)C2=O)cc1. The first-order valence-electron chi connectivity index (χ1n) is 10.8. The van der Waals surface area contributed by atoms with E-state index in [1.54, 1.807) is 17.4 Å². The van der Waals surface area contributed by atoms with E-state index < -0.39 is 0 Å². The van der Waals surface area contributed by atoms with E-state index in [2.05, 4.69) is 22.4 Å². The molecule has 0 unspecified atom stereocenters. The Kier molecular flexibility index (Phi) is 5.72. The van der Waals surface area contributed by atoms with Crippen molar-refractivity contribution in [2.45, 2.75) is 26.8 Å². The van der Waals surface area contributed by atoms with Gasteiger partial charge in [0, 0.05) is 29.1 Å². The molecule has 0 amide bonds. The summed E-state index contributed by atoms with van der Waals surface area (Å²) >= 11 is 1.78. The van der Waals surface area contributed by atoms with Crippen LogP contribution in [0.25, 0.3) is 6.08 Å². The smallest absolute Gasteiger partial charge is 0.231 e. The molecule has 5 nitrogen and oxygen atoms in total. The highest BCUT2D eigenvalue weighted by Gasteiger charge is 2.33. The lowest BCUT2D eigenvalue weighted by Gasteiger charge is -2.30. The Morgan fingerprint density at radius 3 is 2.78 bits per heavy atom. The largest absolute Gasteiger partial charge is 0.494 e. The summed E-state index contributed by atoms with van der Waals surface area (Å²) in [6.07, 6.45) is 2.78. The van der Waals surface area contributed by atoms with Crippen molar-refractivity contribution in [3.63, 3.8) is 0 Å². The minimum absolute atomic E-state index is 0.0875. The zero-order valence-electron chi connectivity index (χ0n) is 18.2. The van der Waals surface area contributed by atoms with E-state index >= 15 is 0 Å². The topological polar surface area (TPSA) is 48.0 Å². The third-order valence-electron chi connectivity index (χ3n) is 5.75. The number of allylic oxidation sites excluding steroid dienone is 1. The summed E-state index contributed by atoms with van der Waals surface area (Å²) in [5.74, 6) is 2.50. The van der Waals surface area contributed by atoms with Gasteiger partial charge in [-0.1, -0.05) is 18.2 Å². The van der Waals surface area contributed by atoms with Crippen LogP contribution in [0, 0.1) is 6.92 Å².